The number of rotatable bonds is 11. The van der Waals surface area contributed by atoms with Crippen molar-refractivity contribution >= 4 is 22.1 Å². The molecular formula is C25H26N2O7S. The quantitative estimate of drug-likeness (QED) is 0.418. The number of carbonyl (C=O) groups is 2. The zero-order valence-corrected chi connectivity index (χ0v) is 20.5. The minimum Gasteiger partial charge on any atom is -0.496 e. The molecule has 1 fully saturated rings. The number of aryl methyl sites for hydroxylation is 1. The smallest absolute Gasteiger partial charge is 0.287 e. The van der Waals surface area contributed by atoms with Crippen LogP contribution in [0.4, 0.5) is 4.79 Å². The Morgan fingerprint density at radius 3 is 2.29 bits per heavy atom. The highest BCUT2D eigenvalue weighted by Gasteiger charge is 2.31. The third kappa shape index (κ3) is 6.48. The molecule has 9 nitrogen and oxygen atoms in total. The van der Waals surface area contributed by atoms with Crippen molar-refractivity contribution in [3.05, 3.63) is 65.4 Å². The summed E-state index contributed by atoms with van der Waals surface area (Å²) in [6.45, 7) is 2.45. The molecule has 1 aromatic heterocycles. The molecule has 1 N–H and O–H groups in total. The first kappa shape index (κ1) is 24.5. The average Bonchev–Trinajstić information content (AvgIpc) is 3.38. The van der Waals surface area contributed by atoms with Crippen LogP contribution in [0.2, 0.25) is 0 Å². The molecule has 2 heterocycles. The van der Waals surface area contributed by atoms with E-state index in [1.165, 1.54) is 0 Å². The van der Waals surface area contributed by atoms with Crippen molar-refractivity contribution in [3.63, 3.8) is 0 Å². The number of oxazole rings is 1. The largest absolute Gasteiger partial charge is 0.496 e. The molecule has 1 amide bonds. The van der Waals surface area contributed by atoms with Crippen molar-refractivity contribution in [1.29, 1.82) is 0 Å². The van der Waals surface area contributed by atoms with Gasteiger partial charge in [-0.2, -0.15) is 0 Å². The minimum atomic E-state index is -0.474. The molecule has 35 heavy (non-hydrogen) atoms. The van der Waals surface area contributed by atoms with Crippen LogP contribution in [0, 0.1) is 6.92 Å². The molecule has 0 aliphatic carbocycles. The van der Waals surface area contributed by atoms with Crippen LogP contribution in [0.25, 0.3) is 0 Å². The predicted octanol–water partition coefficient (Wildman–Crippen LogP) is 4.09. The second-order valence-electron chi connectivity index (χ2n) is 7.80. The number of hydrogen-bond acceptors (Lipinski definition) is 9. The number of aromatic nitrogens is 1. The normalized spacial score (nSPS) is 15.1. The van der Waals surface area contributed by atoms with Gasteiger partial charge in [-0.1, -0.05) is 12.1 Å². The van der Waals surface area contributed by atoms with E-state index in [9.17, 15) is 9.59 Å². The summed E-state index contributed by atoms with van der Waals surface area (Å²) in [5.74, 6) is 3.74. The first-order valence-electron chi connectivity index (χ1n) is 11.0. The zero-order chi connectivity index (χ0) is 24.8. The van der Waals surface area contributed by atoms with E-state index < -0.39 is 6.04 Å². The lowest BCUT2D eigenvalue weighted by atomic mass is 10.1. The number of benzene rings is 2. The van der Waals surface area contributed by atoms with Crippen LogP contribution in [0.15, 0.2) is 46.9 Å². The van der Waals surface area contributed by atoms with Crippen molar-refractivity contribution < 1.29 is 33.0 Å². The summed E-state index contributed by atoms with van der Waals surface area (Å²) >= 11 is 0.722. The summed E-state index contributed by atoms with van der Waals surface area (Å²) in [4.78, 5) is 27.6. The van der Waals surface area contributed by atoms with E-state index >= 15 is 0 Å². The van der Waals surface area contributed by atoms with Gasteiger partial charge in [0.25, 0.3) is 5.24 Å². The lowest BCUT2D eigenvalue weighted by molar-refractivity contribution is -0.112. The molecule has 4 rings (SSSR count). The van der Waals surface area contributed by atoms with Gasteiger partial charge in [-0.15, -0.1) is 0 Å². The number of thioether (sulfide) groups is 1. The molecule has 3 aromatic rings. The van der Waals surface area contributed by atoms with Crippen molar-refractivity contribution in [3.8, 4) is 23.0 Å². The summed E-state index contributed by atoms with van der Waals surface area (Å²) in [5, 5.41) is 2.22. The highest BCUT2D eigenvalue weighted by atomic mass is 32.2. The minimum absolute atomic E-state index is 0.147. The van der Waals surface area contributed by atoms with E-state index in [1.54, 1.807) is 32.4 Å². The van der Waals surface area contributed by atoms with Gasteiger partial charge in [0.15, 0.2) is 6.61 Å². The van der Waals surface area contributed by atoms with E-state index in [-0.39, 0.29) is 17.0 Å². The number of amides is 1. The molecule has 2 aromatic carbocycles. The van der Waals surface area contributed by atoms with Gasteiger partial charge in [-0.25, -0.2) is 4.98 Å². The van der Waals surface area contributed by atoms with E-state index in [0.29, 0.717) is 54.1 Å². The van der Waals surface area contributed by atoms with Crippen molar-refractivity contribution in [2.45, 2.75) is 32.4 Å². The van der Waals surface area contributed by atoms with Gasteiger partial charge in [0.05, 0.1) is 26.5 Å². The molecule has 0 saturated carbocycles. The third-order valence-corrected chi connectivity index (χ3v) is 6.15. The van der Waals surface area contributed by atoms with Crippen molar-refractivity contribution in [2.24, 2.45) is 0 Å². The SMILES string of the molecule is COc1cc(OC)cc(OCc2nc(CCOc3ccc(CC4NC(=O)SC4=O)cc3)c(C)o2)c1. The van der Waals surface area contributed by atoms with Gasteiger partial charge >= 0.3 is 0 Å². The van der Waals surface area contributed by atoms with Crippen LogP contribution < -0.4 is 24.3 Å². The fraction of sp³-hybridized carbons (Fsp3) is 0.320. The number of methoxy groups -OCH3 is 2. The molecule has 0 spiro atoms. The average molecular weight is 499 g/mol. The molecule has 1 unspecified atom stereocenters. The maximum atomic E-state index is 11.8. The Morgan fingerprint density at radius 1 is 0.971 bits per heavy atom. The molecule has 184 valence electrons. The van der Waals surface area contributed by atoms with Crippen LogP contribution in [0.1, 0.15) is 22.9 Å². The Kier molecular flexibility index (Phi) is 7.81. The van der Waals surface area contributed by atoms with Gasteiger partial charge in [0, 0.05) is 42.8 Å². The predicted molar refractivity (Wildman–Crippen MR) is 129 cm³/mol. The Hall–Kier alpha value is -3.66. The summed E-state index contributed by atoms with van der Waals surface area (Å²) < 4.78 is 27.9. The second kappa shape index (κ2) is 11.2. The molecule has 0 radical (unpaired) electrons. The number of nitrogens with one attached hydrogen (secondary N) is 1. The lowest BCUT2D eigenvalue weighted by Crippen LogP contribution is -2.30. The van der Waals surface area contributed by atoms with E-state index in [2.05, 4.69) is 10.3 Å². The first-order chi connectivity index (χ1) is 16.9. The lowest BCUT2D eigenvalue weighted by Gasteiger charge is -2.09. The molecule has 0 bridgehead atoms. The van der Waals surface area contributed by atoms with Crippen LogP contribution in [0.3, 0.4) is 0 Å². The van der Waals surface area contributed by atoms with Crippen molar-refractivity contribution in [1.82, 2.24) is 10.3 Å². The Bertz CT molecular complexity index is 1170. The zero-order valence-electron chi connectivity index (χ0n) is 19.7. The Labute approximate surface area is 207 Å². The number of ether oxygens (including phenoxy) is 4. The standard InChI is InChI=1S/C25H26N2O7S/c1-15-21(26-23(34-15)14-33-20-12-18(30-2)11-19(13-20)31-3)8-9-32-17-6-4-16(5-7-17)10-22-24(28)35-25(29)27-22/h4-7,11-13,22H,8-10,14H2,1-3H3,(H,27,29). The monoisotopic (exact) mass is 498 g/mol. The van der Waals surface area contributed by atoms with Crippen LogP contribution >= 0.6 is 11.8 Å². The summed E-state index contributed by atoms with van der Waals surface area (Å²) in [5.41, 5.74) is 1.75. The van der Waals surface area contributed by atoms with Crippen molar-refractivity contribution in [2.75, 3.05) is 20.8 Å². The fourth-order valence-corrected chi connectivity index (χ4v) is 4.21. The van der Waals surface area contributed by atoms with E-state index in [0.717, 1.165) is 23.0 Å². The number of nitrogens with zero attached hydrogens (tertiary/aromatic N) is 1. The molecule has 1 atom stereocenters. The maximum absolute atomic E-state index is 11.8. The fourth-order valence-electron chi connectivity index (χ4n) is 3.54. The van der Waals surface area contributed by atoms with Gasteiger partial charge < -0.3 is 28.7 Å². The van der Waals surface area contributed by atoms with E-state index in [1.807, 2.05) is 31.2 Å². The number of hydrogen-bond donors (Lipinski definition) is 1. The van der Waals surface area contributed by atoms with Crippen LogP contribution in [0.5, 0.6) is 23.0 Å². The van der Waals surface area contributed by atoms with Crippen LogP contribution in [-0.2, 0) is 24.2 Å². The Balaban J connectivity index is 1.26. The van der Waals surface area contributed by atoms with Crippen LogP contribution in [-0.4, -0.2) is 42.2 Å². The molecular weight excluding hydrogens is 472 g/mol. The van der Waals surface area contributed by atoms with Gasteiger partial charge in [-0.3, -0.25) is 9.59 Å². The van der Waals surface area contributed by atoms with Gasteiger partial charge in [0.1, 0.15) is 34.8 Å². The highest BCUT2D eigenvalue weighted by Crippen LogP contribution is 2.28. The molecule has 10 heteroatoms. The first-order valence-corrected chi connectivity index (χ1v) is 11.8. The summed E-state index contributed by atoms with van der Waals surface area (Å²) in [7, 11) is 3.16. The van der Waals surface area contributed by atoms with Gasteiger partial charge in [0.2, 0.25) is 11.0 Å². The molecule has 1 aliphatic heterocycles. The molecule has 1 aliphatic rings. The Morgan fingerprint density at radius 2 is 1.66 bits per heavy atom. The third-order valence-electron chi connectivity index (χ3n) is 5.36. The van der Waals surface area contributed by atoms with E-state index in [4.69, 9.17) is 23.4 Å². The summed E-state index contributed by atoms with van der Waals surface area (Å²) in [6.07, 6.45) is 1.03. The van der Waals surface area contributed by atoms with Gasteiger partial charge in [-0.05, 0) is 24.6 Å². The topological polar surface area (TPSA) is 109 Å². The second-order valence-corrected chi connectivity index (χ2v) is 8.78. The maximum Gasteiger partial charge on any atom is 0.287 e. The molecule has 1 saturated heterocycles. The highest BCUT2D eigenvalue weighted by molar-refractivity contribution is 8.26. The summed E-state index contributed by atoms with van der Waals surface area (Å²) in [6, 6.07) is 12.3. The number of carbonyl (C=O) groups excluding carboxylic acids is 2.